The van der Waals surface area contributed by atoms with E-state index >= 15 is 0 Å². The molecule has 0 spiro atoms. The average molecular weight is 229 g/mol. The highest BCUT2D eigenvalue weighted by Crippen LogP contribution is 1.98. The topological polar surface area (TPSA) is 44.8 Å². The van der Waals surface area contributed by atoms with Gasteiger partial charge < -0.3 is 9.64 Å². The molecule has 1 saturated heterocycles. The second-order valence-corrected chi connectivity index (χ2v) is 3.96. The van der Waals surface area contributed by atoms with Crippen LogP contribution in [0.1, 0.15) is 20.8 Å². The fraction of sp³-hybridized carbons (Fsp3) is 0.909. The number of morpholine rings is 1. The molecule has 1 rings (SSSR count). The minimum absolute atomic E-state index is 0.155. The molecular formula is C11H23N3O2. The standard InChI is InChI=1S/C11H23N3O2/c1-4-13(5-2)11(15)10(3)12-14-6-8-16-9-7-14/h10,12H,4-9H2,1-3H3. The van der Waals surface area contributed by atoms with Crippen LogP contribution in [0, 0.1) is 0 Å². The molecule has 1 unspecified atom stereocenters. The molecule has 0 aliphatic carbocycles. The first-order valence-corrected chi connectivity index (χ1v) is 6.06. The largest absolute Gasteiger partial charge is 0.379 e. The Morgan fingerprint density at radius 1 is 1.38 bits per heavy atom. The lowest BCUT2D eigenvalue weighted by Gasteiger charge is -2.31. The Morgan fingerprint density at radius 2 is 1.94 bits per heavy atom. The van der Waals surface area contributed by atoms with Gasteiger partial charge in [0, 0.05) is 26.2 Å². The van der Waals surface area contributed by atoms with E-state index in [-0.39, 0.29) is 11.9 Å². The van der Waals surface area contributed by atoms with Gasteiger partial charge >= 0.3 is 0 Å². The van der Waals surface area contributed by atoms with E-state index < -0.39 is 0 Å². The summed E-state index contributed by atoms with van der Waals surface area (Å²) in [6, 6.07) is -0.155. The van der Waals surface area contributed by atoms with Crippen molar-refractivity contribution in [1.82, 2.24) is 15.3 Å². The van der Waals surface area contributed by atoms with E-state index in [0.717, 1.165) is 39.4 Å². The van der Waals surface area contributed by atoms with Crippen molar-refractivity contribution in [1.29, 1.82) is 0 Å². The molecular weight excluding hydrogens is 206 g/mol. The summed E-state index contributed by atoms with van der Waals surface area (Å²) in [7, 11) is 0. The summed E-state index contributed by atoms with van der Waals surface area (Å²) < 4.78 is 5.25. The molecule has 1 heterocycles. The van der Waals surface area contributed by atoms with Gasteiger partial charge in [-0.15, -0.1) is 0 Å². The molecule has 16 heavy (non-hydrogen) atoms. The number of amides is 1. The van der Waals surface area contributed by atoms with Crippen LogP contribution in [0.5, 0.6) is 0 Å². The summed E-state index contributed by atoms with van der Waals surface area (Å²) in [5.74, 6) is 0.163. The van der Waals surface area contributed by atoms with Crippen molar-refractivity contribution in [3.05, 3.63) is 0 Å². The lowest BCUT2D eigenvalue weighted by atomic mass is 10.3. The van der Waals surface area contributed by atoms with E-state index in [9.17, 15) is 4.79 Å². The number of hydrogen-bond donors (Lipinski definition) is 1. The van der Waals surface area contributed by atoms with Crippen LogP contribution in [0.15, 0.2) is 0 Å². The molecule has 1 atom stereocenters. The smallest absolute Gasteiger partial charge is 0.240 e. The van der Waals surface area contributed by atoms with Gasteiger partial charge in [0.1, 0.15) is 0 Å². The lowest BCUT2D eigenvalue weighted by Crippen LogP contribution is -2.54. The molecule has 0 saturated carbocycles. The van der Waals surface area contributed by atoms with E-state index in [0.29, 0.717) is 0 Å². The Bertz CT molecular complexity index is 213. The molecule has 1 aliphatic rings. The number of carbonyl (C=O) groups excluding carboxylic acids is 1. The van der Waals surface area contributed by atoms with Crippen LogP contribution in [0.25, 0.3) is 0 Å². The average Bonchev–Trinajstić information content (AvgIpc) is 2.31. The zero-order valence-electron chi connectivity index (χ0n) is 10.5. The third kappa shape index (κ3) is 3.73. The van der Waals surface area contributed by atoms with Gasteiger partial charge in [-0.25, -0.2) is 10.4 Å². The van der Waals surface area contributed by atoms with Crippen LogP contribution in [-0.2, 0) is 9.53 Å². The number of hydrazine groups is 1. The maximum Gasteiger partial charge on any atom is 0.240 e. The predicted molar refractivity (Wildman–Crippen MR) is 62.9 cm³/mol. The molecule has 1 aliphatic heterocycles. The van der Waals surface area contributed by atoms with Crippen molar-refractivity contribution in [3.8, 4) is 0 Å². The summed E-state index contributed by atoms with van der Waals surface area (Å²) in [6.07, 6.45) is 0. The minimum atomic E-state index is -0.155. The van der Waals surface area contributed by atoms with E-state index in [1.807, 2.05) is 25.7 Å². The lowest BCUT2D eigenvalue weighted by molar-refractivity contribution is -0.134. The van der Waals surface area contributed by atoms with Crippen molar-refractivity contribution in [3.63, 3.8) is 0 Å². The first-order valence-electron chi connectivity index (χ1n) is 6.06. The molecule has 0 aromatic heterocycles. The fourth-order valence-electron chi connectivity index (χ4n) is 1.83. The molecule has 0 aromatic rings. The fourth-order valence-corrected chi connectivity index (χ4v) is 1.83. The van der Waals surface area contributed by atoms with Crippen molar-refractivity contribution < 1.29 is 9.53 Å². The van der Waals surface area contributed by atoms with Crippen LogP contribution < -0.4 is 5.43 Å². The third-order valence-electron chi connectivity index (χ3n) is 2.83. The number of hydrogen-bond acceptors (Lipinski definition) is 4. The molecule has 1 amide bonds. The molecule has 0 aromatic carbocycles. The van der Waals surface area contributed by atoms with Gasteiger partial charge in [-0.05, 0) is 20.8 Å². The van der Waals surface area contributed by atoms with Crippen molar-refractivity contribution in [2.45, 2.75) is 26.8 Å². The number of carbonyl (C=O) groups is 1. The highest BCUT2D eigenvalue weighted by molar-refractivity contribution is 5.81. The van der Waals surface area contributed by atoms with Crippen LogP contribution in [-0.4, -0.2) is 61.3 Å². The maximum atomic E-state index is 12.0. The first kappa shape index (κ1) is 13.4. The van der Waals surface area contributed by atoms with Crippen LogP contribution in [0.3, 0.4) is 0 Å². The van der Waals surface area contributed by atoms with Crippen molar-refractivity contribution in [2.24, 2.45) is 0 Å². The molecule has 0 radical (unpaired) electrons. The Balaban J connectivity index is 2.37. The maximum absolute atomic E-state index is 12.0. The first-order chi connectivity index (χ1) is 7.69. The van der Waals surface area contributed by atoms with E-state index in [1.54, 1.807) is 0 Å². The number of nitrogens with one attached hydrogen (secondary N) is 1. The van der Waals surface area contributed by atoms with E-state index in [1.165, 1.54) is 0 Å². The van der Waals surface area contributed by atoms with Gasteiger partial charge in [0.05, 0.1) is 19.3 Å². The number of likely N-dealkylation sites (N-methyl/N-ethyl adjacent to an activating group) is 1. The molecule has 1 fully saturated rings. The van der Waals surface area contributed by atoms with Crippen LogP contribution in [0.4, 0.5) is 0 Å². The Hall–Kier alpha value is -0.650. The minimum Gasteiger partial charge on any atom is -0.379 e. The Morgan fingerprint density at radius 3 is 2.44 bits per heavy atom. The summed E-state index contributed by atoms with van der Waals surface area (Å²) in [5.41, 5.74) is 3.23. The predicted octanol–water partition coefficient (Wildman–Crippen LogP) is 0.0801. The van der Waals surface area contributed by atoms with Crippen molar-refractivity contribution >= 4 is 5.91 Å². The van der Waals surface area contributed by atoms with Gasteiger partial charge in [0.15, 0.2) is 0 Å². The normalized spacial score (nSPS) is 19.4. The van der Waals surface area contributed by atoms with E-state index in [4.69, 9.17) is 4.74 Å². The Labute approximate surface area is 97.7 Å². The zero-order chi connectivity index (χ0) is 12.0. The van der Waals surface area contributed by atoms with Crippen LogP contribution in [0.2, 0.25) is 0 Å². The van der Waals surface area contributed by atoms with E-state index in [2.05, 4.69) is 10.4 Å². The summed E-state index contributed by atoms with van der Waals surface area (Å²) in [5, 5.41) is 2.07. The molecule has 0 bridgehead atoms. The number of rotatable bonds is 5. The number of ether oxygens (including phenoxy) is 1. The summed E-state index contributed by atoms with van der Waals surface area (Å²) in [4.78, 5) is 13.8. The molecule has 5 nitrogen and oxygen atoms in total. The van der Waals surface area contributed by atoms with Crippen molar-refractivity contribution in [2.75, 3.05) is 39.4 Å². The second kappa shape index (κ2) is 6.83. The molecule has 94 valence electrons. The van der Waals surface area contributed by atoms with Gasteiger partial charge in [0.25, 0.3) is 0 Å². The zero-order valence-corrected chi connectivity index (χ0v) is 10.5. The highest BCUT2D eigenvalue weighted by Gasteiger charge is 2.21. The van der Waals surface area contributed by atoms with Gasteiger partial charge in [0.2, 0.25) is 5.91 Å². The van der Waals surface area contributed by atoms with Gasteiger partial charge in [-0.3, -0.25) is 4.79 Å². The molecule has 5 heteroatoms. The highest BCUT2D eigenvalue weighted by atomic mass is 16.5. The number of nitrogens with zero attached hydrogens (tertiary/aromatic N) is 2. The monoisotopic (exact) mass is 229 g/mol. The van der Waals surface area contributed by atoms with Crippen LogP contribution >= 0.6 is 0 Å². The SMILES string of the molecule is CCN(CC)C(=O)C(C)NN1CCOCC1. The second-order valence-electron chi connectivity index (χ2n) is 3.96. The Kier molecular flexibility index (Phi) is 5.73. The third-order valence-corrected chi connectivity index (χ3v) is 2.83. The summed E-state index contributed by atoms with van der Waals surface area (Å²) in [6.45, 7) is 10.6. The van der Waals surface area contributed by atoms with Gasteiger partial charge in [-0.2, -0.15) is 0 Å². The molecule has 1 N–H and O–H groups in total. The summed E-state index contributed by atoms with van der Waals surface area (Å²) >= 11 is 0. The quantitative estimate of drug-likeness (QED) is 0.725. The van der Waals surface area contributed by atoms with Gasteiger partial charge in [-0.1, -0.05) is 0 Å².